The summed E-state index contributed by atoms with van der Waals surface area (Å²) in [6.07, 6.45) is 2.70. The van der Waals surface area contributed by atoms with Crippen LogP contribution in [-0.4, -0.2) is 42.6 Å². The average molecular weight is 372 g/mol. The zero-order valence-electron chi connectivity index (χ0n) is 15.2. The van der Waals surface area contributed by atoms with Crippen molar-refractivity contribution in [2.75, 3.05) is 31.2 Å². The summed E-state index contributed by atoms with van der Waals surface area (Å²) >= 11 is 1.49. The highest BCUT2D eigenvalue weighted by molar-refractivity contribution is 7.98. The maximum absolute atomic E-state index is 12.9. The van der Waals surface area contributed by atoms with Crippen molar-refractivity contribution < 1.29 is 9.59 Å². The van der Waals surface area contributed by atoms with Gasteiger partial charge in [0.15, 0.2) is 0 Å². The molecule has 0 fully saturated rings. The molecule has 0 saturated carbocycles. The van der Waals surface area contributed by atoms with Crippen molar-refractivity contribution in [3.8, 4) is 0 Å². The molecule has 0 heterocycles. The summed E-state index contributed by atoms with van der Waals surface area (Å²) in [5.74, 6) is -0.178. The molecule has 0 radical (unpaired) electrons. The van der Waals surface area contributed by atoms with Gasteiger partial charge in [0.1, 0.15) is 0 Å². The van der Waals surface area contributed by atoms with Gasteiger partial charge in [-0.25, -0.2) is 0 Å². The second-order valence-electron chi connectivity index (χ2n) is 5.91. The number of hydrogen-bond acceptors (Lipinski definition) is 4. The van der Waals surface area contributed by atoms with Gasteiger partial charge in [-0.15, -0.1) is 11.8 Å². The normalized spacial score (nSPS) is 10.4. The van der Waals surface area contributed by atoms with Crippen LogP contribution in [0.25, 0.3) is 0 Å². The highest BCUT2D eigenvalue weighted by Gasteiger charge is 2.17. The van der Waals surface area contributed by atoms with Crippen molar-refractivity contribution in [2.24, 2.45) is 5.73 Å². The van der Waals surface area contributed by atoms with E-state index in [1.165, 1.54) is 24.2 Å². The molecule has 26 heavy (non-hydrogen) atoms. The van der Waals surface area contributed by atoms with E-state index in [1.807, 2.05) is 30.5 Å². The standard InChI is InChI=1S/C20H25N3O2S/c1-15(24)22-18-9-8-17(14-19(18)26-2)20(25)23(13-11-21)12-10-16-6-4-3-5-7-16/h3-9,14H,10-13,21H2,1-2H3,(H,22,24). The Balaban J connectivity index is 2.15. The maximum Gasteiger partial charge on any atom is 0.253 e. The monoisotopic (exact) mass is 371 g/mol. The first-order valence-electron chi connectivity index (χ1n) is 8.54. The minimum Gasteiger partial charge on any atom is -0.337 e. The fourth-order valence-corrected chi connectivity index (χ4v) is 3.26. The Morgan fingerprint density at radius 2 is 1.85 bits per heavy atom. The second-order valence-corrected chi connectivity index (χ2v) is 6.76. The van der Waals surface area contributed by atoms with Crippen LogP contribution in [0.15, 0.2) is 53.4 Å². The van der Waals surface area contributed by atoms with Gasteiger partial charge in [-0.1, -0.05) is 30.3 Å². The smallest absolute Gasteiger partial charge is 0.253 e. The number of nitrogens with zero attached hydrogens (tertiary/aromatic N) is 1. The van der Waals surface area contributed by atoms with E-state index in [9.17, 15) is 9.59 Å². The first kappa shape index (κ1) is 20.0. The Morgan fingerprint density at radius 3 is 2.46 bits per heavy atom. The third kappa shape index (κ3) is 5.61. The molecule has 6 heteroatoms. The summed E-state index contributed by atoms with van der Waals surface area (Å²) in [5.41, 5.74) is 8.21. The van der Waals surface area contributed by atoms with E-state index in [1.54, 1.807) is 17.0 Å². The van der Waals surface area contributed by atoms with Gasteiger partial charge < -0.3 is 16.0 Å². The molecular weight excluding hydrogens is 346 g/mol. The predicted molar refractivity (Wildman–Crippen MR) is 108 cm³/mol. The molecule has 2 aromatic carbocycles. The topological polar surface area (TPSA) is 75.4 Å². The van der Waals surface area contributed by atoms with E-state index >= 15 is 0 Å². The number of benzene rings is 2. The summed E-state index contributed by atoms with van der Waals surface area (Å²) in [5, 5.41) is 2.79. The summed E-state index contributed by atoms with van der Waals surface area (Å²) in [4.78, 5) is 26.9. The first-order chi connectivity index (χ1) is 12.5. The fraction of sp³-hybridized carbons (Fsp3) is 0.300. The van der Waals surface area contributed by atoms with Gasteiger partial charge in [-0.3, -0.25) is 9.59 Å². The molecule has 2 amide bonds. The molecule has 0 saturated heterocycles. The maximum atomic E-state index is 12.9. The number of thioether (sulfide) groups is 1. The first-order valence-corrected chi connectivity index (χ1v) is 9.76. The van der Waals surface area contributed by atoms with Crippen molar-refractivity contribution in [1.82, 2.24) is 4.90 Å². The third-order valence-corrected chi connectivity index (χ3v) is 4.74. The van der Waals surface area contributed by atoms with Gasteiger partial charge >= 0.3 is 0 Å². The predicted octanol–water partition coefficient (Wildman–Crippen LogP) is 3.01. The summed E-state index contributed by atoms with van der Waals surface area (Å²) < 4.78 is 0. The lowest BCUT2D eigenvalue weighted by Gasteiger charge is -2.23. The summed E-state index contributed by atoms with van der Waals surface area (Å²) in [6, 6.07) is 15.4. The van der Waals surface area contributed by atoms with Gasteiger partial charge in [0.2, 0.25) is 5.91 Å². The number of anilines is 1. The number of carbonyl (C=O) groups excluding carboxylic acids is 2. The largest absolute Gasteiger partial charge is 0.337 e. The van der Waals surface area contributed by atoms with E-state index in [2.05, 4.69) is 17.4 Å². The molecule has 0 aliphatic carbocycles. The fourth-order valence-electron chi connectivity index (χ4n) is 2.68. The Labute approximate surface area is 159 Å². The SMILES string of the molecule is CSc1cc(C(=O)N(CCN)CCc2ccccc2)ccc1NC(C)=O. The van der Waals surface area contributed by atoms with E-state index in [0.717, 1.165) is 17.0 Å². The Hall–Kier alpha value is -2.31. The molecule has 0 aromatic heterocycles. The molecule has 0 atom stereocenters. The van der Waals surface area contributed by atoms with Gasteiger partial charge in [-0.2, -0.15) is 0 Å². The third-order valence-electron chi connectivity index (χ3n) is 3.96. The number of rotatable bonds is 8. The van der Waals surface area contributed by atoms with Crippen LogP contribution in [0, 0.1) is 0 Å². The molecule has 0 unspecified atom stereocenters. The molecular formula is C20H25N3O2S. The zero-order chi connectivity index (χ0) is 18.9. The Kier molecular flexibility index (Phi) is 7.69. The number of nitrogens with one attached hydrogen (secondary N) is 1. The summed E-state index contributed by atoms with van der Waals surface area (Å²) in [7, 11) is 0. The van der Waals surface area contributed by atoms with Crippen LogP contribution < -0.4 is 11.1 Å². The molecule has 0 aliphatic heterocycles. The Morgan fingerprint density at radius 1 is 1.12 bits per heavy atom. The lowest BCUT2D eigenvalue weighted by atomic mass is 10.1. The van der Waals surface area contributed by atoms with Gasteiger partial charge in [0, 0.05) is 37.0 Å². The van der Waals surface area contributed by atoms with Crippen molar-refractivity contribution >= 4 is 29.3 Å². The van der Waals surface area contributed by atoms with Crippen LogP contribution in [0.3, 0.4) is 0 Å². The van der Waals surface area contributed by atoms with Gasteiger partial charge in [-0.05, 0) is 36.4 Å². The van der Waals surface area contributed by atoms with Crippen LogP contribution >= 0.6 is 11.8 Å². The molecule has 3 N–H and O–H groups in total. The van der Waals surface area contributed by atoms with Gasteiger partial charge in [0.25, 0.3) is 5.91 Å². The number of hydrogen-bond donors (Lipinski definition) is 2. The molecule has 138 valence electrons. The van der Waals surface area contributed by atoms with Crippen LogP contribution in [0.4, 0.5) is 5.69 Å². The van der Waals surface area contributed by atoms with Crippen LogP contribution in [0.1, 0.15) is 22.8 Å². The zero-order valence-corrected chi connectivity index (χ0v) is 16.0. The number of nitrogens with two attached hydrogens (primary N) is 1. The van der Waals surface area contributed by atoms with Crippen LogP contribution in [0.5, 0.6) is 0 Å². The highest BCUT2D eigenvalue weighted by Crippen LogP contribution is 2.27. The number of carbonyl (C=O) groups is 2. The second kappa shape index (κ2) is 9.99. The van der Waals surface area contributed by atoms with Crippen molar-refractivity contribution in [1.29, 1.82) is 0 Å². The minimum atomic E-state index is -0.132. The van der Waals surface area contributed by atoms with Crippen molar-refractivity contribution in [3.05, 3.63) is 59.7 Å². The molecule has 5 nitrogen and oxygen atoms in total. The minimum absolute atomic E-state index is 0.0453. The quantitative estimate of drug-likeness (QED) is 0.700. The van der Waals surface area contributed by atoms with Gasteiger partial charge in [0.05, 0.1) is 5.69 Å². The summed E-state index contributed by atoms with van der Waals surface area (Å²) in [6.45, 7) is 3.01. The highest BCUT2D eigenvalue weighted by atomic mass is 32.2. The Bertz CT molecular complexity index is 750. The average Bonchev–Trinajstić information content (AvgIpc) is 2.65. The molecule has 2 rings (SSSR count). The lowest BCUT2D eigenvalue weighted by molar-refractivity contribution is -0.114. The van der Waals surface area contributed by atoms with Crippen molar-refractivity contribution in [3.63, 3.8) is 0 Å². The van der Waals surface area contributed by atoms with E-state index in [0.29, 0.717) is 25.2 Å². The van der Waals surface area contributed by atoms with Crippen LogP contribution in [-0.2, 0) is 11.2 Å². The van der Waals surface area contributed by atoms with E-state index in [4.69, 9.17) is 5.73 Å². The van der Waals surface area contributed by atoms with Crippen LogP contribution in [0.2, 0.25) is 0 Å². The molecule has 0 spiro atoms. The number of amides is 2. The van der Waals surface area contributed by atoms with Crippen molar-refractivity contribution in [2.45, 2.75) is 18.2 Å². The lowest BCUT2D eigenvalue weighted by Crippen LogP contribution is -2.37. The molecule has 0 bridgehead atoms. The van der Waals surface area contributed by atoms with E-state index in [-0.39, 0.29) is 11.8 Å². The van der Waals surface area contributed by atoms with E-state index < -0.39 is 0 Å². The molecule has 2 aromatic rings. The molecule has 0 aliphatic rings.